The molecule has 2 aliphatic rings. The van der Waals surface area contributed by atoms with Gasteiger partial charge in [-0.1, -0.05) is 36.4 Å². The van der Waals surface area contributed by atoms with E-state index in [4.69, 9.17) is 13.9 Å². The van der Waals surface area contributed by atoms with Crippen molar-refractivity contribution in [2.45, 2.75) is 31.8 Å². The van der Waals surface area contributed by atoms with Gasteiger partial charge in [0.05, 0.1) is 12.7 Å². The average molecular weight is 440 g/mol. The highest BCUT2D eigenvalue weighted by atomic mass is 16.5. The quantitative estimate of drug-likeness (QED) is 0.384. The van der Waals surface area contributed by atoms with Crippen molar-refractivity contribution < 1.29 is 13.9 Å². The van der Waals surface area contributed by atoms with Crippen LogP contribution < -0.4 is 15.1 Å². The number of fused-ring (bicyclic) bond motifs is 4. The number of nitrogens with zero attached hydrogens (tertiary/aromatic N) is 1. The van der Waals surface area contributed by atoms with Crippen molar-refractivity contribution in [2.75, 3.05) is 13.8 Å². The first-order valence-corrected chi connectivity index (χ1v) is 11.4. The van der Waals surface area contributed by atoms with Crippen LogP contribution in [0.2, 0.25) is 0 Å². The molecule has 1 aromatic heterocycles. The van der Waals surface area contributed by atoms with Gasteiger partial charge in [-0.25, -0.2) is 4.79 Å². The van der Waals surface area contributed by atoms with Gasteiger partial charge in [0.1, 0.15) is 23.8 Å². The smallest absolute Gasteiger partial charge is 0.336 e. The van der Waals surface area contributed by atoms with Crippen molar-refractivity contribution in [1.82, 2.24) is 4.90 Å². The van der Waals surface area contributed by atoms with E-state index >= 15 is 0 Å². The number of benzene rings is 3. The first-order valence-electron chi connectivity index (χ1n) is 11.4. The van der Waals surface area contributed by atoms with Gasteiger partial charge >= 0.3 is 5.63 Å². The van der Waals surface area contributed by atoms with Crippen molar-refractivity contribution in [1.29, 1.82) is 0 Å². The largest absolute Gasteiger partial charge is 0.497 e. The molecule has 0 spiro atoms. The molecule has 4 aromatic rings. The van der Waals surface area contributed by atoms with Gasteiger partial charge in [0, 0.05) is 24.0 Å². The van der Waals surface area contributed by atoms with Crippen molar-refractivity contribution in [3.05, 3.63) is 93.8 Å². The third kappa shape index (κ3) is 3.49. The zero-order valence-corrected chi connectivity index (χ0v) is 18.5. The molecule has 33 heavy (non-hydrogen) atoms. The number of methoxy groups -OCH3 is 1. The van der Waals surface area contributed by atoms with Crippen LogP contribution in [-0.4, -0.2) is 18.7 Å². The molecule has 1 aliphatic carbocycles. The molecule has 0 saturated carbocycles. The van der Waals surface area contributed by atoms with Gasteiger partial charge in [-0.15, -0.1) is 0 Å². The summed E-state index contributed by atoms with van der Waals surface area (Å²) in [6.45, 7) is 1.21. The molecular weight excluding hydrogens is 414 g/mol. The van der Waals surface area contributed by atoms with E-state index in [0.29, 0.717) is 24.9 Å². The van der Waals surface area contributed by atoms with Crippen LogP contribution in [-0.2, 0) is 13.0 Å². The Morgan fingerprint density at radius 3 is 2.73 bits per heavy atom. The highest BCUT2D eigenvalue weighted by Crippen LogP contribution is 2.41. The highest BCUT2D eigenvalue weighted by molar-refractivity contribution is 5.95. The fraction of sp³-hybridized carbons (Fsp3) is 0.250. The van der Waals surface area contributed by atoms with E-state index in [-0.39, 0.29) is 5.63 Å². The van der Waals surface area contributed by atoms with Gasteiger partial charge in [0.15, 0.2) is 0 Å². The van der Waals surface area contributed by atoms with Crippen LogP contribution in [0.4, 0.5) is 0 Å². The molecule has 5 nitrogen and oxygen atoms in total. The Morgan fingerprint density at radius 1 is 1.03 bits per heavy atom. The monoisotopic (exact) mass is 439 g/mol. The summed E-state index contributed by atoms with van der Waals surface area (Å²) < 4.78 is 17.2. The van der Waals surface area contributed by atoms with Crippen LogP contribution in [0.15, 0.2) is 75.9 Å². The molecule has 0 unspecified atom stereocenters. The van der Waals surface area contributed by atoms with Crippen molar-refractivity contribution in [2.24, 2.45) is 0 Å². The maximum absolute atomic E-state index is 12.6. The zero-order chi connectivity index (χ0) is 22.4. The lowest BCUT2D eigenvalue weighted by atomic mass is 9.86. The second kappa shape index (κ2) is 8.09. The van der Waals surface area contributed by atoms with Gasteiger partial charge < -0.3 is 13.9 Å². The van der Waals surface area contributed by atoms with E-state index in [0.717, 1.165) is 52.8 Å². The molecule has 166 valence electrons. The minimum atomic E-state index is -0.359. The lowest BCUT2D eigenvalue weighted by Crippen LogP contribution is -2.37. The molecule has 1 aliphatic heterocycles. The number of hydrogen-bond acceptors (Lipinski definition) is 5. The topological polar surface area (TPSA) is 51.9 Å². The zero-order valence-electron chi connectivity index (χ0n) is 18.5. The number of aryl methyl sites for hydroxylation is 1. The molecule has 0 N–H and O–H groups in total. The maximum Gasteiger partial charge on any atom is 0.336 e. The van der Waals surface area contributed by atoms with E-state index in [1.807, 2.05) is 36.4 Å². The SMILES string of the molecule is COc1ccc(-c2cc(=O)oc3c4c(ccc23)OCN([C@@H]2CCCc3ccccc32)C4)cc1. The molecule has 1 atom stereocenters. The van der Waals surface area contributed by atoms with Crippen molar-refractivity contribution in [3.63, 3.8) is 0 Å². The summed E-state index contributed by atoms with van der Waals surface area (Å²) in [7, 11) is 1.64. The van der Waals surface area contributed by atoms with Crippen LogP contribution in [0, 0.1) is 0 Å². The normalized spacial score (nSPS) is 17.8. The number of hydrogen-bond donors (Lipinski definition) is 0. The fourth-order valence-corrected chi connectivity index (χ4v) is 5.27. The van der Waals surface area contributed by atoms with E-state index in [2.05, 4.69) is 29.2 Å². The first-order chi connectivity index (χ1) is 16.2. The van der Waals surface area contributed by atoms with Crippen molar-refractivity contribution in [3.8, 4) is 22.6 Å². The number of rotatable bonds is 3. The molecule has 0 fully saturated rings. The second-order valence-electron chi connectivity index (χ2n) is 8.75. The molecule has 3 aromatic carbocycles. The van der Waals surface area contributed by atoms with E-state index in [1.54, 1.807) is 13.2 Å². The Labute approximate surface area is 192 Å². The Balaban J connectivity index is 1.43. The summed E-state index contributed by atoms with van der Waals surface area (Å²) >= 11 is 0. The minimum absolute atomic E-state index is 0.301. The van der Waals surface area contributed by atoms with Crippen LogP contribution in [0.3, 0.4) is 0 Å². The van der Waals surface area contributed by atoms with Gasteiger partial charge in [-0.2, -0.15) is 0 Å². The van der Waals surface area contributed by atoms with E-state index in [1.165, 1.54) is 11.1 Å². The van der Waals surface area contributed by atoms with Crippen LogP contribution in [0.25, 0.3) is 22.1 Å². The summed E-state index contributed by atoms with van der Waals surface area (Å²) in [5, 5.41) is 0.910. The molecule has 0 radical (unpaired) electrons. The summed E-state index contributed by atoms with van der Waals surface area (Å²) in [4.78, 5) is 14.9. The van der Waals surface area contributed by atoms with Crippen LogP contribution in [0.1, 0.15) is 35.6 Å². The van der Waals surface area contributed by atoms with Gasteiger partial charge in [-0.3, -0.25) is 4.90 Å². The molecule has 5 heteroatoms. The first kappa shape index (κ1) is 20.1. The fourth-order valence-electron chi connectivity index (χ4n) is 5.27. The molecule has 0 saturated heterocycles. The predicted molar refractivity (Wildman–Crippen MR) is 128 cm³/mol. The average Bonchev–Trinajstić information content (AvgIpc) is 2.87. The second-order valence-corrected chi connectivity index (χ2v) is 8.75. The predicted octanol–water partition coefficient (Wildman–Crippen LogP) is 5.70. The van der Waals surface area contributed by atoms with E-state index in [9.17, 15) is 4.79 Å². The highest BCUT2D eigenvalue weighted by Gasteiger charge is 2.31. The third-order valence-corrected chi connectivity index (χ3v) is 6.90. The third-order valence-electron chi connectivity index (χ3n) is 6.90. The van der Waals surface area contributed by atoms with Crippen LogP contribution >= 0.6 is 0 Å². The summed E-state index contributed by atoms with van der Waals surface area (Å²) in [6.07, 6.45) is 3.39. The lowest BCUT2D eigenvalue weighted by molar-refractivity contribution is 0.0482. The van der Waals surface area contributed by atoms with E-state index < -0.39 is 0 Å². The molecule has 0 amide bonds. The van der Waals surface area contributed by atoms with Crippen molar-refractivity contribution >= 4 is 11.0 Å². The minimum Gasteiger partial charge on any atom is -0.497 e. The van der Waals surface area contributed by atoms with Gasteiger partial charge in [0.25, 0.3) is 0 Å². The summed E-state index contributed by atoms with van der Waals surface area (Å²) in [6, 6.07) is 22.3. The molecular formula is C28H25NO4. The molecule has 2 heterocycles. The summed E-state index contributed by atoms with van der Waals surface area (Å²) in [5.74, 6) is 1.57. The Hall–Kier alpha value is -3.57. The Kier molecular flexibility index (Phi) is 4.92. The molecule has 6 rings (SSSR count). The van der Waals surface area contributed by atoms with Crippen LogP contribution in [0.5, 0.6) is 11.5 Å². The van der Waals surface area contributed by atoms with Gasteiger partial charge in [0.2, 0.25) is 0 Å². The maximum atomic E-state index is 12.6. The van der Waals surface area contributed by atoms with Gasteiger partial charge in [-0.05, 0) is 65.8 Å². The number of ether oxygens (including phenoxy) is 2. The standard InChI is InChI=1S/C28H25NO4/c1-31-20-11-9-19(10-12-20)23-15-27(30)33-28-22(23)13-14-26-24(28)16-29(17-32-26)25-8-4-6-18-5-2-3-7-21(18)25/h2-3,5,7,9-15,25H,4,6,8,16-17H2,1H3/t25-/m1/s1. The lowest BCUT2D eigenvalue weighted by Gasteiger charge is -2.38. The Bertz CT molecular complexity index is 1390. The summed E-state index contributed by atoms with van der Waals surface area (Å²) in [5.41, 5.74) is 5.80. The molecule has 0 bridgehead atoms. The Morgan fingerprint density at radius 2 is 1.88 bits per heavy atom.